The van der Waals surface area contributed by atoms with E-state index in [1.54, 1.807) is 12.3 Å². The molecule has 0 atom stereocenters. The lowest BCUT2D eigenvalue weighted by Gasteiger charge is -2.04. The Bertz CT molecular complexity index is 505. The molecule has 0 fully saturated rings. The largest absolute Gasteiger partial charge is 0.298 e. The van der Waals surface area contributed by atoms with E-state index in [0.717, 1.165) is 5.56 Å². The number of carbonyl (C=O) groups is 1. The van der Waals surface area contributed by atoms with Crippen LogP contribution in [0, 0.1) is 12.7 Å². The summed E-state index contributed by atoms with van der Waals surface area (Å²) in [5, 5.41) is 3.98. The number of hydrogen-bond acceptors (Lipinski definition) is 2. The standard InChI is InChI=1S/C11H9FN2O/c1-8-2-3-10(12)4-11(8)14-6-9(7-15)5-13-14/h2-7H,1H3. The summed E-state index contributed by atoms with van der Waals surface area (Å²) in [4.78, 5) is 10.5. The number of aryl methyl sites for hydroxylation is 1. The molecule has 0 spiro atoms. The van der Waals surface area contributed by atoms with Gasteiger partial charge in [0.05, 0.1) is 17.4 Å². The van der Waals surface area contributed by atoms with Crippen LogP contribution in [-0.4, -0.2) is 16.1 Å². The number of rotatable bonds is 2. The molecule has 0 unspecified atom stereocenters. The summed E-state index contributed by atoms with van der Waals surface area (Å²) in [6.45, 7) is 1.86. The Morgan fingerprint density at radius 1 is 1.47 bits per heavy atom. The molecule has 3 nitrogen and oxygen atoms in total. The number of nitrogens with zero attached hydrogens (tertiary/aromatic N) is 2. The van der Waals surface area contributed by atoms with Crippen LogP contribution in [0.4, 0.5) is 4.39 Å². The Balaban J connectivity index is 2.52. The molecule has 0 radical (unpaired) electrons. The van der Waals surface area contributed by atoms with E-state index >= 15 is 0 Å². The van der Waals surface area contributed by atoms with Crippen molar-refractivity contribution in [2.75, 3.05) is 0 Å². The molecule has 2 rings (SSSR count). The molecule has 0 bridgehead atoms. The van der Waals surface area contributed by atoms with Crippen LogP contribution >= 0.6 is 0 Å². The number of carbonyl (C=O) groups excluding carboxylic acids is 1. The summed E-state index contributed by atoms with van der Waals surface area (Å²) in [6.07, 6.45) is 3.71. The second-order valence-electron chi connectivity index (χ2n) is 3.27. The minimum Gasteiger partial charge on any atom is -0.298 e. The lowest BCUT2D eigenvalue weighted by atomic mass is 10.2. The molecule has 76 valence electrons. The van der Waals surface area contributed by atoms with Gasteiger partial charge in [-0.2, -0.15) is 5.10 Å². The molecule has 2 aromatic rings. The predicted octanol–water partition coefficient (Wildman–Crippen LogP) is 2.13. The molecule has 1 aromatic heterocycles. The van der Waals surface area contributed by atoms with Gasteiger partial charge in [-0.05, 0) is 24.6 Å². The molecule has 1 heterocycles. The first-order chi connectivity index (χ1) is 7.20. The van der Waals surface area contributed by atoms with E-state index in [4.69, 9.17) is 0 Å². The molecule has 15 heavy (non-hydrogen) atoms. The number of aromatic nitrogens is 2. The quantitative estimate of drug-likeness (QED) is 0.702. The molecule has 0 amide bonds. The predicted molar refractivity (Wildman–Crippen MR) is 53.6 cm³/mol. The summed E-state index contributed by atoms with van der Waals surface area (Å²) in [6, 6.07) is 4.45. The molecule has 0 aliphatic carbocycles. The van der Waals surface area contributed by atoms with Gasteiger partial charge in [0.1, 0.15) is 5.82 Å². The van der Waals surface area contributed by atoms with Crippen molar-refractivity contribution in [1.29, 1.82) is 0 Å². The number of hydrogen-bond donors (Lipinski definition) is 0. The van der Waals surface area contributed by atoms with Gasteiger partial charge < -0.3 is 0 Å². The molecule has 0 N–H and O–H groups in total. The summed E-state index contributed by atoms with van der Waals surface area (Å²) >= 11 is 0. The molecule has 0 saturated heterocycles. The van der Waals surface area contributed by atoms with E-state index in [1.807, 2.05) is 6.92 Å². The molecular formula is C11H9FN2O. The Kier molecular flexibility index (Phi) is 2.33. The van der Waals surface area contributed by atoms with Crippen molar-refractivity contribution in [2.45, 2.75) is 6.92 Å². The fourth-order valence-electron chi connectivity index (χ4n) is 1.36. The maximum atomic E-state index is 13.0. The third kappa shape index (κ3) is 1.79. The van der Waals surface area contributed by atoms with Crippen LogP contribution < -0.4 is 0 Å². The van der Waals surface area contributed by atoms with Gasteiger partial charge >= 0.3 is 0 Å². The molecular weight excluding hydrogens is 195 g/mol. The van der Waals surface area contributed by atoms with Gasteiger partial charge in [0, 0.05) is 6.20 Å². The average molecular weight is 204 g/mol. The van der Waals surface area contributed by atoms with Gasteiger partial charge in [0.25, 0.3) is 0 Å². The van der Waals surface area contributed by atoms with E-state index in [1.165, 1.54) is 23.0 Å². The summed E-state index contributed by atoms with van der Waals surface area (Å²) < 4.78 is 14.5. The minimum atomic E-state index is -0.321. The van der Waals surface area contributed by atoms with E-state index in [-0.39, 0.29) is 5.82 Å². The van der Waals surface area contributed by atoms with Crippen molar-refractivity contribution in [3.63, 3.8) is 0 Å². The third-order valence-electron chi connectivity index (χ3n) is 2.16. The van der Waals surface area contributed by atoms with Crippen molar-refractivity contribution in [2.24, 2.45) is 0 Å². The van der Waals surface area contributed by atoms with Gasteiger partial charge in [-0.15, -0.1) is 0 Å². The second kappa shape index (κ2) is 3.65. The van der Waals surface area contributed by atoms with Crippen molar-refractivity contribution in [3.05, 3.63) is 47.5 Å². The maximum Gasteiger partial charge on any atom is 0.153 e. The highest BCUT2D eigenvalue weighted by Crippen LogP contribution is 2.14. The SMILES string of the molecule is Cc1ccc(F)cc1-n1cc(C=O)cn1. The first-order valence-electron chi connectivity index (χ1n) is 4.47. The zero-order valence-electron chi connectivity index (χ0n) is 8.14. The highest BCUT2D eigenvalue weighted by molar-refractivity contribution is 5.73. The van der Waals surface area contributed by atoms with Crippen LogP contribution in [0.5, 0.6) is 0 Å². The Morgan fingerprint density at radius 3 is 2.93 bits per heavy atom. The van der Waals surface area contributed by atoms with Crippen LogP contribution in [0.25, 0.3) is 5.69 Å². The summed E-state index contributed by atoms with van der Waals surface area (Å²) in [7, 11) is 0. The van der Waals surface area contributed by atoms with Crippen molar-refractivity contribution in [3.8, 4) is 5.69 Å². The second-order valence-corrected chi connectivity index (χ2v) is 3.27. The Morgan fingerprint density at radius 2 is 2.27 bits per heavy atom. The fourth-order valence-corrected chi connectivity index (χ4v) is 1.36. The molecule has 0 aliphatic rings. The van der Waals surface area contributed by atoms with Gasteiger partial charge in [0.2, 0.25) is 0 Å². The number of aldehydes is 1. The van der Waals surface area contributed by atoms with Gasteiger partial charge in [-0.1, -0.05) is 6.07 Å². The molecule has 0 aliphatic heterocycles. The molecule has 1 aromatic carbocycles. The zero-order chi connectivity index (χ0) is 10.8. The third-order valence-corrected chi connectivity index (χ3v) is 2.16. The minimum absolute atomic E-state index is 0.321. The van der Waals surface area contributed by atoms with E-state index in [9.17, 15) is 9.18 Å². The number of benzene rings is 1. The van der Waals surface area contributed by atoms with E-state index in [2.05, 4.69) is 5.10 Å². The zero-order valence-corrected chi connectivity index (χ0v) is 8.14. The Labute approximate surface area is 86.2 Å². The lowest BCUT2D eigenvalue weighted by molar-refractivity contribution is 0.112. The molecule has 0 saturated carbocycles. The highest BCUT2D eigenvalue weighted by Gasteiger charge is 2.04. The first-order valence-corrected chi connectivity index (χ1v) is 4.47. The monoisotopic (exact) mass is 204 g/mol. The highest BCUT2D eigenvalue weighted by atomic mass is 19.1. The first kappa shape index (κ1) is 9.58. The maximum absolute atomic E-state index is 13.0. The topological polar surface area (TPSA) is 34.9 Å². The van der Waals surface area contributed by atoms with E-state index in [0.29, 0.717) is 17.5 Å². The van der Waals surface area contributed by atoms with Crippen molar-refractivity contribution >= 4 is 6.29 Å². The summed E-state index contributed by atoms with van der Waals surface area (Å²) in [5.41, 5.74) is 2.01. The Hall–Kier alpha value is -1.97. The number of halogens is 1. The lowest BCUT2D eigenvalue weighted by Crippen LogP contribution is -1.97. The fraction of sp³-hybridized carbons (Fsp3) is 0.0909. The smallest absolute Gasteiger partial charge is 0.153 e. The van der Waals surface area contributed by atoms with Crippen molar-refractivity contribution in [1.82, 2.24) is 9.78 Å². The molecule has 4 heteroatoms. The average Bonchev–Trinajstić information content (AvgIpc) is 2.70. The van der Waals surface area contributed by atoms with Gasteiger partial charge in [0.15, 0.2) is 6.29 Å². The van der Waals surface area contributed by atoms with Crippen LogP contribution in [0.1, 0.15) is 15.9 Å². The van der Waals surface area contributed by atoms with Crippen LogP contribution in [0.15, 0.2) is 30.6 Å². The van der Waals surface area contributed by atoms with Gasteiger partial charge in [-0.25, -0.2) is 9.07 Å². The summed E-state index contributed by atoms with van der Waals surface area (Å²) in [5.74, 6) is -0.321. The van der Waals surface area contributed by atoms with Crippen LogP contribution in [0.2, 0.25) is 0 Å². The van der Waals surface area contributed by atoms with Crippen molar-refractivity contribution < 1.29 is 9.18 Å². The van der Waals surface area contributed by atoms with Gasteiger partial charge in [-0.3, -0.25) is 4.79 Å². The van der Waals surface area contributed by atoms with Crippen LogP contribution in [-0.2, 0) is 0 Å². The van der Waals surface area contributed by atoms with E-state index < -0.39 is 0 Å². The normalized spacial score (nSPS) is 10.3. The van der Waals surface area contributed by atoms with Crippen LogP contribution in [0.3, 0.4) is 0 Å².